The molecule has 0 atom stereocenters. The number of piperidine rings is 1. The molecule has 196 valence electrons. The summed E-state index contributed by atoms with van der Waals surface area (Å²) in [6.45, 7) is 6.24. The van der Waals surface area contributed by atoms with Crippen LogP contribution in [0.4, 0.5) is 25.8 Å². The SMILES string of the molecule is COc1cc(N2CCCc3cc(N4CCC5(CC4)CNC5)c(C(F)F)cc32)c2cc(C)c(=O)n(C)c2c1. The molecule has 2 saturated heterocycles. The summed E-state index contributed by atoms with van der Waals surface area (Å²) in [6, 6.07) is 9.45. The van der Waals surface area contributed by atoms with Crippen molar-refractivity contribution in [1.82, 2.24) is 9.88 Å². The molecule has 0 amide bonds. The molecule has 1 aromatic heterocycles. The lowest BCUT2D eigenvalue weighted by molar-refractivity contribution is 0.125. The van der Waals surface area contributed by atoms with E-state index in [1.54, 1.807) is 24.8 Å². The number of nitrogens with zero attached hydrogens (tertiary/aromatic N) is 3. The highest BCUT2D eigenvalue weighted by Crippen LogP contribution is 2.45. The van der Waals surface area contributed by atoms with Gasteiger partial charge in [0.15, 0.2) is 0 Å². The van der Waals surface area contributed by atoms with Gasteiger partial charge in [-0.05, 0) is 61.8 Å². The molecule has 0 radical (unpaired) electrons. The Morgan fingerprint density at radius 1 is 1.00 bits per heavy atom. The zero-order valence-electron chi connectivity index (χ0n) is 21.7. The number of hydrogen-bond donors (Lipinski definition) is 1. The molecule has 2 fully saturated rings. The van der Waals surface area contributed by atoms with E-state index in [1.165, 1.54) is 0 Å². The van der Waals surface area contributed by atoms with Gasteiger partial charge in [-0.1, -0.05) is 0 Å². The van der Waals surface area contributed by atoms with Crippen molar-refractivity contribution in [3.8, 4) is 5.75 Å². The molecule has 3 aliphatic heterocycles. The molecule has 0 bridgehead atoms. The Hall–Kier alpha value is -3.13. The van der Waals surface area contributed by atoms with Gasteiger partial charge in [-0.3, -0.25) is 4.79 Å². The number of benzene rings is 2. The summed E-state index contributed by atoms with van der Waals surface area (Å²) in [7, 11) is 3.36. The molecule has 1 N–H and O–H groups in total. The third-order valence-corrected chi connectivity index (χ3v) is 8.75. The topological polar surface area (TPSA) is 49.7 Å². The van der Waals surface area contributed by atoms with Gasteiger partial charge >= 0.3 is 0 Å². The van der Waals surface area contributed by atoms with Crippen LogP contribution in [0.3, 0.4) is 0 Å². The Bertz CT molecular complexity index is 1420. The van der Waals surface area contributed by atoms with Gasteiger partial charge in [0.25, 0.3) is 12.0 Å². The van der Waals surface area contributed by atoms with Crippen LogP contribution in [-0.4, -0.2) is 44.4 Å². The second-order valence-electron chi connectivity index (χ2n) is 11.0. The number of alkyl halides is 2. The summed E-state index contributed by atoms with van der Waals surface area (Å²) in [5.74, 6) is 0.631. The molecule has 4 heterocycles. The smallest absolute Gasteiger partial charge is 0.265 e. The van der Waals surface area contributed by atoms with Crippen LogP contribution in [0, 0.1) is 12.3 Å². The summed E-state index contributed by atoms with van der Waals surface area (Å²) in [4.78, 5) is 17.0. The maximum Gasteiger partial charge on any atom is 0.265 e. The molecule has 3 aromatic rings. The predicted molar refractivity (Wildman–Crippen MR) is 144 cm³/mol. The maximum absolute atomic E-state index is 14.5. The Balaban J connectivity index is 1.46. The Kier molecular flexibility index (Phi) is 5.90. The van der Waals surface area contributed by atoms with Crippen molar-refractivity contribution in [2.24, 2.45) is 12.5 Å². The van der Waals surface area contributed by atoms with E-state index in [0.717, 1.165) is 79.7 Å². The first-order chi connectivity index (χ1) is 17.8. The molecule has 0 saturated carbocycles. The van der Waals surface area contributed by atoms with Crippen LogP contribution in [0.5, 0.6) is 5.75 Å². The van der Waals surface area contributed by atoms with Gasteiger partial charge in [0.05, 0.1) is 18.3 Å². The van der Waals surface area contributed by atoms with Gasteiger partial charge in [-0.15, -0.1) is 0 Å². The van der Waals surface area contributed by atoms with E-state index in [2.05, 4.69) is 15.1 Å². The van der Waals surface area contributed by atoms with Crippen molar-refractivity contribution in [2.45, 2.75) is 39.0 Å². The monoisotopic (exact) mass is 508 g/mol. The van der Waals surface area contributed by atoms with E-state index in [1.807, 2.05) is 31.2 Å². The maximum atomic E-state index is 14.5. The Morgan fingerprint density at radius 2 is 1.76 bits per heavy atom. The fraction of sp³-hybridized carbons (Fsp3) is 0.483. The molecule has 2 aromatic carbocycles. The van der Waals surface area contributed by atoms with Crippen LogP contribution < -0.4 is 25.4 Å². The van der Waals surface area contributed by atoms with Gasteiger partial charge in [0, 0.05) is 79.8 Å². The molecule has 0 unspecified atom stereocenters. The molecule has 37 heavy (non-hydrogen) atoms. The number of aromatic nitrogens is 1. The van der Waals surface area contributed by atoms with Crippen molar-refractivity contribution in [3.63, 3.8) is 0 Å². The Labute approximate surface area is 215 Å². The van der Waals surface area contributed by atoms with Crippen LogP contribution in [0.1, 0.15) is 42.4 Å². The number of aryl methyl sites for hydroxylation is 3. The van der Waals surface area contributed by atoms with Gasteiger partial charge in [0.1, 0.15) is 5.75 Å². The molecular weight excluding hydrogens is 474 g/mol. The summed E-state index contributed by atoms with van der Waals surface area (Å²) in [5, 5.41) is 4.28. The highest BCUT2D eigenvalue weighted by Gasteiger charge is 2.40. The minimum absolute atomic E-state index is 0.0589. The summed E-state index contributed by atoms with van der Waals surface area (Å²) in [5.41, 5.74) is 5.28. The van der Waals surface area contributed by atoms with Crippen LogP contribution >= 0.6 is 0 Å². The molecule has 8 heteroatoms. The van der Waals surface area contributed by atoms with Crippen LogP contribution in [0.2, 0.25) is 0 Å². The molecule has 0 aliphatic carbocycles. The number of fused-ring (bicyclic) bond motifs is 2. The first-order valence-corrected chi connectivity index (χ1v) is 13.2. The van der Waals surface area contributed by atoms with E-state index in [-0.39, 0.29) is 11.1 Å². The average molecular weight is 509 g/mol. The number of pyridine rings is 1. The molecule has 1 spiro atoms. The number of anilines is 3. The van der Waals surface area contributed by atoms with Crippen LogP contribution in [0.25, 0.3) is 10.9 Å². The van der Waals surface area contributed by atoms with E-state index in [9.17, 15) is 13.6 Å². The lowest BCUT2D eigenvalue weighted by atomic mass is 9.73. The molecule has 6 nitrogen and oxygen atoms in total. The van der Waals surface area contributed by atoms with Crippen LogP contribution in [0.15, 0.2) is 35.1 Å². The number of halogens is 2. The molecular formula is C29H34F2N4O2. The third kappa shape index (κ3) is 3.97. The summed E-state index contributed by atoms with van der Waals surface area (Å²) >= 11 is 0. The zero-order valence-corrected chi connectivity index (χ0v) is 21.7. The van der Waals surface area contributed by atoms with E-state index >= 15 is 0 Å². The van der Waals surface area contributed by atoms with E-state index in [4.69, 9.17) is 4.74 Å². The summed E-state index contributed by atoms with van der Waals surface area (Å²) < 4.78 is 36.3. The largest absolute Gasteiger partial charge is 0.497 e. The standard InChI is InChI=1S/C29H34F2N4O2/c1-18-11-21-24(33(2)28(18)36)13-20(37-3)14-26(21)35-8-4-5-19-12-25(22(27(30)31)15-23(19)35)34-9-6-29(7-10-34)16-32-17-29/h11-15,27,32H,4-10,16-17H2,1-3H3. The number of methoxy groups -OCH3 is 1. The Morgan fingerprint density at radius 3 is 2.41 bits per heavy atom. The van der Waals surface area contributed by atoms with Gasteiger partial charge in [-0.25, -0.2) is 8.78 Å². The average Bonchev–Trinajstić information content (AvgIpc) is 2.89. The van der Waals surface area contributed by atoms with Crippen molar-refractivity contribution in [3.05, 3.63) is 57.4 Å². The molecule has 3 aliphatic rings. The van der Waals surface area contributed by atoms with Gasteiger partial charge in [-0.2, -0.15) is 0 Å². The second-order valence-corrected chi connectivity index (χ2v) is 11.0. The van der Waals surface area contributed by atoms with Crippen molar-refractivity contribution >= 4 is 28.0 Å². The highest BCUT2D eigenvalue weighted by molar-refractivity contribution is 5.96. The van der Waals surface area contributed by atoms with E-state index in [0.29, 0.717) is 29.0 Å². The number of hydrogen-bond acceptors (Lipinski definition) is 5. The number of ether oxygens (including phenoxy) is 1. The van der Waals surface area contributed by atoms with Gasteiger partial charge in [0.2, 0.25) is 0 Å². The zero-order chi connectivity index (χ0) is 25.9. The normalized spacial score (nSPS) is 18.9. The quantitative estimate of drug-likeness (QED) is 0.534. The summed E-state index contributed by atoms with van der Waals surface area (Å²) in [6.07, 6.45) is 1.29. The van der Waals surface area contributed by atoms with Crippen LogP contribution in [-0.2, 0) is 13.5 Å². The van der Waals surface area contributed by atoms with Crippen molar-refractivity contribution < 1.29 is 13.5 Å². The van der Waals surface area contributed by atoms with Crippen molar-refractivity contribution in [2.75, 3.05) is 49.6 Å². The molecule has 6 rings (SSSR count). The lowest BCUT2D eigenvalue weighted by Crippen LogP contribution is -2.58. The first kappa shape index (κ1) is 24.2. The third-order valence-electron chi connectivity index (χ3n) is 8.75. The van der Waals surface area contributed by atoms with E-state index < -0.39 is 6.43 Å². The van der Waals surface area contributed by atoms with Gasteiger partial charge < -0.3 is 24.4 Å². The highest BCUT2D eigenvalue weighted by atomic mass is 19.3. The second kappa shape index (κ2) is 9.01. The fourth-order valence-corrected chi connectivity index (χ4v) is 6.41. The predicted octanol–water partition coefficient (Wildman–Crippen LogP) is 5.07. The number of rotatable bonds is 4. The lowest BCUT2D eigenvalue weighted by Gasteiger charge is -2.49. The minimum Gasteiger partial charge on any atom is -0.497 e. The minimum atomic E-state index is -2.56. The fourth-order valence-electron chi connectivity index (χ4n) is 6.41. The first-order valence-electron chi connectivity index (χ1n) is 13.2. The number of nitrogens with one attached hydrogen (secondary N) is 1. The van der Waals surface area contributed by atoms with Crippen molar-refractivity contribution in [1.29, 1.82) is 0 Å².